The summed E-state index contributed by atoms with van der Waals surface area (Å²) in [6, 6.07) is 10.7. The number of aromatic nitrogens is 1. The van der Waals surface area contributed by atoms with Crippen molar-refractivity contribution in [3.8, 4) is 0 Å². The second-order valence-electron chi connectivity index (χ2n) is 10.5. The molecule has 2 aromatic rings. The topological polar surface area (TPSA) is 48.8 Å². The third-order valence-corrected chi connectivity index (χ3v) is 7.63. The monoisotopic (exact) mass is 437 g/mol. The van der Waals surface area contributed by atoms with Gasteiger partial charge in [0.05, 0.1) is 11.9 Å². The molecule has 32 heavy (non-hydrogen) atoms. The summed E-state index contributed by atoms with van der Waals surface area (Å²) in [4.78, 5) is 9.29. The van der Waals surface area contributed by atoms with E-state index in [4.69, 9.17) is 4.74 Å². The Morgan fingerprint density at radius 3 is 2.53 bits per heavy atom. The fraction of sp³-hybridized carbons (Fsp3) is 0.593. The van der Waals surface area contributed by atoms with Crippen molar-refractivity contribution in [1.29, 1.82) is 0 Å². The largest absolute Gasteiger partial charge is 0.385 e. The number of anilines is 1. The van der Waals surface area contributed by atoms with Crippen LogP contribution >= 0.6 is 0 Å². The Bertz CT molecular complexity index is 907. The first kappa shape index (κ1) is 23.2. The highest BCUT2D eigenvalue weighted by Gasteiger charge is 2.55. The summed E-state index contributed by atoms with van der Waals surface area (Å²) >= 11 is 0. The minimum absolute atomic E-state index is 0.270. The summed E-state index contributed by atoms with van der Waals surface area (Å²) < 4.78 is 5.28. The van der Waals surface area contributed by atoms with Gasteiger partial charge in [-0.3, -0.25) is 4.98 Å². The zero-order chi connectivity index (χ0) is 22.9. The molecule has 5 heteroatoms. The molecule has 1 aromatic carbocycles. The Kier molecular flexibility index (Phi) is 6.62. The van der Waals surface area contributed by atoms with Crippen molar-refractivity contribution in [1.82, 2.24) is 9.88 Å². The van der Waals surface area contributed by atoms with Gasteiger partial charge in [-0.2, -0.15) is 0 Å². The number of nitrogens with zero attached hydrogens (tertiary/aromatic N) is 3. The lowest BCUT2D eigenvalue weighted by Crippen LogP contribution is -2.63. The molecule has 1 N–H and O–H groups in total. The van der Waals surface area contributed by atoms with E-state index in [1.54, 1.807) is 7.11 Å². The summed E-state index contributed by atoms with van der Waals surface area (Å²) in [5.41, 5.74) is 2.88. The Labute approximate surface area is 193 Å². The lowest BCUT2D eigenvalue weighted by atomic mass is 9.62. The van der Waals surface area contributed by atoms with Gasteiger partial charge in [0.1, 0.15) is 5.60 Å². The summed E-state index contributed by atoms with van der Waals surface area (Å²) in [5, 5.41) is 12.4. The van der Waals surface area contributed by atoms with E-state index < -0.39 is 5.60 Å². The average molecular weight is 438 g/mol. The fourth-order valence-corrected chi connectivity index (χ4v) is 5.73. The van der Waals surface area contributed by atoms with Gasteiger partial charge >= 0.3 is 0 Å². The standard InChI is InChI=1S/C27H39N3O2/c1-20(2)22-6-8-23(9-7-22)27(31,26(3)18-29(4)19-26)24-14-25(16-28-15-24)30-12-10-21(17-30)11-13-32-5/h6-9,14-16,20-21,31H,10-13,17-19H2,1-5H3/t21?,27-/m0/s1. The van der Waals surface area contributed by atoms with Gasteiger partial charge in [0.25, 0.3) is 0 Å². The van der Waals surface area contributed by atoms with E-state index in [-0.39, 0.29) is 5.41 Å². The van der Waals surface area contributed by atoms with E-state index in [0.717, 1.165) is 56.0 Å². The van der Waals surface area contributed by atoms with Crippen molar-refractivity contribution >= 4 is 5.69 Å². The molecule has 2 saturated heterocycles. The number of hydrogen-bond donors (Lipinski definition) is 1. The fourth-order valence-electron chi connectivity index (χ4n) is 5.73. The molecule has 0 aliphatic carbocycles. The van der Waals surface area contributed by atoms with Crippen LogP contribution in [0.5, 0.6) is 0 Å². The number of methoxy groups -OCH3 is 1. The van der Waals surface area contributed by atoms with Crippen molar-refractivity contribution in [3.63, 3.8) is 0 Å². The highest BCUT2D eigenvalue weighted by atomic mass is 16.5. The summed E-state index contributed by atoms with van der Waals surface area (Å²) in [6.07, 6.45) is 6.08. The molecule has 2 atom stereocenters. The van der Waals surface area contributed by atoms with E-state index in [1.165, 1.54) is 12.0 Å². The van der Waals surface area contributed by atoms with Crippen LogP contribution in [-0.2, 0) is 10.3 Å². The molecule has 0 spiro atoms. The van der Waals surface area contributed by atoms with Crippen LogP contribution in [0.1, 0.15) is 56.2 Å². The van der Waals surface area contributed by atoms with Gasteiger partial charge in [0.2, 0.25) is 0 Å². The summed E-state index contributed by atoms with van der Waals surface area (Å²) in [7, 11) is 3.89. The van der Waals surface area contributed by atoms with Gasteiger partial charge in [-0.15, -0.1) is 0 Å². The molecule has 5 nitrogen and oxygen atoms in total. The van der Waals surface area contributed by atoms with Crippen LogP contribution in [0, 0.1) is 11.3 Å². The third kappa shape index (κ3) is 4.18. The number of rotatable bonds is 8. The molecule has 0 radical (unpaired) electrons. The van der Waals surface area contributed by atoms with E-state index in [2.05, 4.69) is 72.9 Å². The molecule has 3 heterocycles. The molecule has 1 aromatic heterocycles. The van der Waals surface area contributed by atoms with E-state index >= 15 is 0 Å². The Morgan fingerprint density at radius 2 is 1.91 bits per heavy atom. The lowest BCUT2D eigenvalue weighted by Gasteiger charge is -2.56. The van der Waals surface area contributed by atoms with Crippen molar-refractivity contribution in [2.45, 2.75) is 45.1 Å². The third-order valence-electron chi connectivity index (χ3n) is 7.63. The molecule has 1 unspecified atom stereocenters. The highest BCUT2D eigenvalue weighted by molar-refractivity contribution is 5.51. The molecule has 0 saturated carbocycles. The lowest BCUT2D eigenvalue weighted by molar-refractivity contribution is -0.127. The van der Waals surface area contributed by atoms with Crippen molar-refractivity contribution in [2.75, 3.05) is 51.8 Å². The van der Waals surface area contributed by atoms with Crippen molar-refractivity contribution in [3.05, 3.63) is 59.4 Å². The quantitative estimate of drug-likeness (QED) is 0.669. The average Bonchev–Trinajstić information content (AvgIpc) is 3.25. The second-order valence-corrected chi connectivity index (χ2v) is 10.5. The van der Waals surface area contributed by atoms with Gasteiger partial charge in [0, 0.05) is 57.1 Å². The van der Waals surface area contributed by atoms with Crippen LogP contribution in [0.25, 0.3) is 0 Å². The van der Waals surface area contributed by atoms with Crippen LogP contribution in [0.4, 0.5) is 5.69 Å². The first-order valence-electron chi connectivity index (χ1n) is 12.0. The van der Waals surface area contributed by atoms with Crippen molar-refractivity contribution < 1.29 is 9.84 Å². The van der Waals surface area contributed by atoms with Crippen molar-refractivity contribution in [2.24, 2.45) is 11.3 Å². The van der Waals surface area contributed by atoms with Gasteiger partial charge in [-0.1, -0.05) is 45.0 Å². The molecule has 4 rings (SSSR count). The van der Waals surface area contributed by atoms with Crippen LogP contribution < -0.4 is 4.90 Å². The molecular weight excluding hydrogens is 398 g/mol. The van der Waals surface area contributed by atoms with Crippen LogP contribution in [0.3, 0.4) is 0 Å². The van der Waals surface area contributed by atoms with E-state index in [0.29, 0.717) is 11.8 Å². The number of aliphatic hydroxyl groups is 1. The molecule has 0 amide bonds. The van der Waals surface area contributed by atoms with Gasteiger partial charge < -0.3 is 19.6 Å². The SMILES string of the molecule is COCCC1CCN(c2cncc([C@@](O)(c3ccc(C(C)C)cc3)C3(C)CN(C)C3)c2)C1. The Balaban J connectivity index is 1.67. The summed E-state index contributed by atoms with van der Waals surface area (Å²) in [6.45, 7) is 11.2. The van der Waals surface area contributed by atoms with Gasteiger partial charge in [-0.25, -0.2) is 0 Å². The number of pyridine rings is 1. The Morgan fingerprint density at radius 1 is 1.19 bits per heavy atom. The van der Waals surface area contributed by atoms with Crippen LogP contribution in [0.15, 0.2) is 42.7 Å². The van der Waals surface area contributed by atoms with Gasteiger partial charge in [-0.05, 0) is 48.9 Å². The second kappa shape index (κ2) is 9.12. The number of ether oxygens (including phenoxy) is 1. The Hall–Kier alpha value is -1.95. The first-order chi connectivity index (χ1) is 15.3. The maximum atomic E-state index is 12.4. The molecule has 2 fully saturated rings. The van der Waals surface area contributed by atoms with E-state index in [1.807, 2.05) is 12.4 Å². The predicted molar refractivity (Wildman–Crippen MR) is 130 cm³/mol. The zero-order valence-electron chi connectivity index (χ0n) is 20.3. The first-order valence-corrected chi connectivity index (χ1v) is 12.0. The normalized spacial score (nSPS) is 22.7. The van der Waals surface area contributed by atoms with E-state index in [9.17, 15) is 5.11 Å². The number of hydrogen-bond acceptors (Lipinski definition) is 5. The summed E-state index contributed by atoms with van der Waals surface area (Å²) in [5.74, 6) is 1.12. The smallest absolute Gasteiger partial charge is 0.124 e. The maximum Gasteiger partial charge on any atom is 0.124 e. The minimum atomic E-state index is -1.09. The molecule has 2 aliphatic rings. The number of benzene rings is 1. The maximum absolute atomic E-state index is 12.4. The van der Waals surface area contributed by atoms with Crippen LogP contribution in [-0.4, -0.2) is 61.9 Å². The predicted octanol–water partition coefficient (Wildman–Crippen LogP) is 4.26. The highest BCUT2D eigenvalue weighted by Crippen LogP contribution is 2.50. The molecular formula is C27H39N3O2. The molecule has 0 bridgehead atoms. The van der Waals surface area contributed by atoms with Gasteiger partial charge in [0.15, 0.2) is 0 Å². The molecule has 174 valence electrons. The zero-order valence-corrected chi connectivity index (χ0v) is 20.3. The van der Waals surface area contributed by atoms with Crippen LogP contribution in [0.2, 0.25) is 0 Å². The molecule has 2 aliphatic heterocycles. The number of likely N-dealkylation sites (tertiary alicyclic amines) is 1. The minimum Gasteiger partial charge on any atom is -0.385 e.